The summed E-state index contributed by atoms with van der Waals surface area (Å²) in [5.74, 6) is -4.02. The van der Waals surface area contributed by atoms with E-state index in [0.29, 0.717) is 0 Å². The number of rotatable bonds is 10. The van der Waals surface area contributed by atoms with Crippen molar-refractivity contribution in [1.82, 2.24) is 10.0 Å². The molecule has 18 heteroatoms. The van der Waals surface area contributed by atoms with Crippen LogP contribution in [-0.4, -0.2) is 68.4 Å². The summed E-state index contributed by atoms with van der Waals surface area (Å²) >= 11 is 0. The van der Waals surface area contributed by atoms with Gasteiger partial charge in [0.15, 0.2) is 10.1 Å². The maximum absolute atomic E-state index is 11.6. The van der Waals surface area contributed by atoms with E-state index in [2.05, 4.69) is 9.68 Å². The number of nitrogens with zero attached hydrogens (tertiary/aromatic N) is 6. The molecule has 0 spiro atoms. The van der Waals surface area contributed by atoms with Crippen LogP contribution in [0.2, 0.25) is 0 Å². The third-order valence-corrected chi connectivity index (χ3v) is 2.05. The highest BCUT2D eigenvalue weighted by molar-refractivity contribution is 6.34. The van der Waals surface area contributed by atoms with E-state index in [1.807, 2.05) is 0 Å². The second-order valence-electron chi connectivity index (χ2n) is 3.45. The van der Waals surface area contributed by atoms with E-state index in [1.54, 1.807) is 0 Å². The van der Waals surface area contributed by atoms with Gasteiger partial charge in [0, 0.05) is 0 Å². The van der Waals surface area contributed by atoms with Crippen molar-refractivity contribution in [3.8, 4) is 0 Å². The molecule has 0 aliphatic carbocycles. The molecule has 0 N–H and O–H groups in total. The molecule has 0 heterocycles. The highest BCUT2D eigenvalue weighted by Gasteiger charge is 2.39. The van der Waals surface area contributed by atoms with E-state index in [1.165, 1.54) is 0 Å². The van der Waals surface area contributed by atoms with Crippen molar-refractivity contribution in [3.63, 3.8) is 0 Å². The number of carbonyl (C=O) groups excluding carboxylic acids is 2. The van der Waals surface area contributed by atoms with Crippen LogP contribution in [0.5, 0.6) is 0 Å². The average molecular weight is 356 g/mol. The van der Waals surface area contributed by atoms with E-state index < -0.39 is 68.4 Å². The molecular weight excluding hydrogens is 348 g/mol. The fourth-order valence-electron chi connectivity index (χ4n) is 1.14. The monoisotopic (exact) mass is 356 g/mol. The first-order valence-electron chi connectivity index (χ1n) is 5.54. The van der Waals surface area contributed by atoms with Crippen molar-refractivity contribution in [1.29, 1.82) is 0 Å². The topological polar surface area (TPSA) is 232 Å². The Balaban J connectivity index is 4.97. The van der Waals surface area contributed by atoms with Crippen LogP contribution in [-0.2, 0) is 19.3 Å². The van der Waals surface area contributed by atoms with Gasteiger partial charge in [0.25, 0.3) is 10.2 Å². The number of hydrazine groups is 2. The molecule has 0 aromatic heterocycles. The van der Waals surface area contributed by atoms with Gasteiger partial charge in [-0.25, -0.2) is 20.2 Å². The molecule has 0 aliphatic heterocycles. The number of nitro groups is 2. The molecule has 0 atom stereocenters. The third-order valence-electron chi connectivity index (χ3n) is 2.05. The third kappa shape index (κ3) is 6.73. The standard InChI is InChI=1S/C6H8N6O12/c13-5(7(9(15)16)1-3-23-11(19)20)6(14)8(10(17)18)2-4-24-12(21)22/h1-4H2. The normalized spacial score (nSPS) is 9.50. The van der Waals surface area contributed by atoms with Crippen LogP contribution in [0.15, 0.2) is 0 Å². The average Bonchev–Trinajstić information content (AvgIpc) is 2.45. The molecule has 134 valence electrons. The molecule has 24 heavy (non-hydrogen) atoms. The summed E-state index contributed by atoms with van der Waals surface area (Å²) in [5, 5.41) is 34.7. The molecule has 0 fully saturated rings. The first-order valence-corrected chi connectivity index (χ1v) is 5.54. The van der Waals surface area contributed by atoms with Gasteiger partial charge in [-0.2, -0.15) is 0 Å². The van der Waals surface area contributed by atoms with Gasteiger partial charge in [-0.05, 0) is 10.0 Å². The Morgan fingerprint density at radius 1 is 0.708 bits per heavy atom. The second kappa shape index (κ2) is 9.22. The van der Waals surface area contributed by atoms with E-state index in [4.69, 9.17) is 0 Å². The highest BCUT2D eigenvalue weighted by Crippen LogP contribution is 1.99. The lowest BCUT2D eigenvalue weighted by atomic mass is 10.4. The molecule has 2 amide bonds. The summed E-state index contributed by atoms with van der Waals surface area (Å²) in [6.45, 7) is -4.07. The maximum atomic E-state index is 11.6. The summed E-state index contributed by atoms with van der Waals surface area (Å²) in [6.07, 6.45) is 0. The van der Waals surface area contributed by atoms with Crippen LogP contribution < -0.4 is 0 Å². The van der Waals surface area contributed by atoms with Crippen LogP contribution in [0.1, 0.15) is 0 Å². The predicted molar refractivity (Wildman–Crippen MR) is 63.3 cm³/mol. The number of hydrogen-bond donors (Lipinski definition) is 0. The molecular formula is C6H8N6O12. The SMILES string of the molecule is O=C(C(=O)N(CCO[N+](=O)[O-])[N+](=O)[O-])N(CCO[N+](=O)[O-])[N+](=O)[O-]. The summed E-state index contributed by atoms with van der Waals surface area (Å²) in [7, 11) is 0. The summed E-state index contributed by atoms with van der Waals surface area (Å²) in [4.78, 5) is 71.7. The van der Waals surface area contributed by atoms with Gasteiger partial charge >= 0.3 is 11.8 Å². The Morgan fingerprint density at radius 3 is 1.21 bits per heavy atom. The van der Waals surface area contributed by atoms with Crippen molar-refractivity contribution in [3.05, 3.63) is 40.5 Å². The van der Waals surface area contributed by atoms with Crippen LogP contribution >= 0.6 is 0 Å². The molecule has 0 aliphatic rings. The van der Waals surface area contributed by atoms with Gasteiger partial charge in [-0.1, -0.05) is 0 Å². The molecule has 0 bridgehead atoms. The Hall–Kier alpha value is -3.86. The van der Waals surface area contributed by atoms with Gasteiger partial charge in [0.05, 0.1) is 0 Å². The Labute approximate surface area is 129 Å². The zero-order valence-electron chi connectivity index (χ0n) is 11.4. The zero-order valence-corrected chi connectivity index (χ0v) is 11.4. The Bertz CT molecular complexity index is 500. The lowest BCUT2D eigenvalue weighted by molar-refractivity contribution is -0.760. The smallest absolute Gasteiger partial charge is 0.312 e. The number of amides is 2. The number of hydrogen-bond acceptors (Lipinski definition) is 12. The largest absolute Gasteiger partial charge is 0.376 e. The molecule has 0 rings (SSSR count). The highest BCUT2D eigenvalue weighted by atomic mass is 17.0. The van der Waals surface area contributed by atoms with Crippen molar-refractivity contribution in [2.75, 3.05) is 26.3 Å². The first kappa shape index (κ1) is 20.1. The maximum Gasteiger partial charge on any atom is 0.376 e. The minimum atomic E-state index is -2.01. The van der Waals surface area contributed by atoms with Gasteiger partial charge in [-0.15, -0.1) is 20.2 Å². The van der Waals surface area contributed by atoms with Crippen LogP contribution in [0.4, 0.5) is 0 Å². The molecule has 0 aromatic rings. The van der Waals surface area contributed by atoms with E-state index >= 15 is 0 Å². The van der Waals surface area contributed by atoms with E-state index in [-0.39, 0.29) is 0 Å². The van der Waals surface area contributed by atoms with Crippen LogP contribution in [0, 0.1) is 40.5 Å². The fraction of sp³-hybridized carbons (Fsp3) is 0.667. The van der Waals surface area contributed by atoms with Crippen molar-refractivity contribution in [2.45, 2.75) is 0 Å². The lowest BCUT2D eigenvalue weighted by Gasteiger charge is -2.14. The fourth-order valence-corrected chi connectivity index (χ4v) is 1.14. The van der Waals surface area contributed by atoms with Crippen molar-refractivity contribution in [2.24, 2.45) is 0 Å². The first-order chi connectivity index (χ1) is 11.1. The molecule has 0 saturated carbocycles. The van der Waals surface area contributed by atoms with Gasteiger partial charge in [-0.3, -0.25) is 9.59 Å². The quantitative estimate of drug-likeness (QED) is 0.223. The molecule has 0 aromatic carbocycles. The van der Waals surface area contributed by atoms with Crippen LogP contribution in [0.3, 0.4) is 0 Å². The van der Waals surface area contributed by atoms with Gasteiger partial charge in [0.2, 0.25) is 0 Å². The van der Waals surface area contributed by atoms with E-state index in [0.717, 1.165) is 0 Å². The lowest BCUT2D eigenvalue weighted by Crippen LogP contribution is -2.51. The summed E-state index contributed by atoms with van der Waals surface area (Å²) < 4.78 is 0. The number of carbonyl (C=O) groups is 2. The van der Waals surface area contributed by atoms with Crippen molar-refractivity contribution >= 4 is 11.8 Å². The van der Waals surface area contributed by atoms with E-state index in [9.17, 15) is 50.0 Å². The van der Waals surface area contributed by atoms with Gasteiger partial charge in [0.1, 0.15) is 26.3 Å². The predicted octanol–water partition coefficient (Wildman–Crippen LogP) is -2.56. The Kier molecular flexibility index (Phi) is 7.73. The molecule has 18 nitrogen and oxygen atoms in total. The van der Waals surface area contributed by atoms with Gasteiger partial charge < -0.3 is 9.68 Å². The molecule has 0 saturated heterocycles. The zero-order chi connectivity index (χ0) is 18.9. The van der Waals surface area contributed by atoms with Crippen molar-refractivity contribution < 1.29 is 39.5 Å². The van der Waals surface area contributed by atoms with Crippen LogP contribution in [0.25, 0.3) is 0 Å². The minimum Gasteiger partial charge on any atom is -0.312 e. The summed E-state index contributed by atoms with van der Waals surface area (Å²) in [5.41, 5.74) is 0. The molecule has 0 unspecified atom stereocenters. The Morgan fingerprint density at radius 2 is 1.00 bits per heavy atom. The summed E-state index contributed by atoms with van der Waals surface area (Å²) in [6, 6.07) is 0. The minimum absolute atomic E-state index is 0.448. The molecule has 0 radical (unpaired) electrons. The second-order valence-corrected chi connectivity index (χ2v) is 3.45.